The SMILES string of the molecule is C[C@H]([C@@H](O)[C@H](O)[C@@H](C)N(C)C)[C@H]1CC[C@H]2[C@@H]3CC4(OCCO4)C4C[C@@H]5OC(C)(C)O[C@@H]5C[C@]4(C)[C@H]3CC[C@]12C. The Bertz CT molecular complexity index is 920. The van der Waals surface area contributed by atoms with Crippen LogP contribution >= 0.6 is 0 Å². The number of likely N-dealkylation sites (N-methyl/N-ethyl adjacent to an activating group) is 1. The predicted molar refractivity (Wildman–Crippen MR) is 149 cm³/mol. The van der Waals surface area contributed by atoms with Gasteiger partial charge in [-0.2, -0.15) is 0 Å². The molecule has 0 aromatic heterocycles. The fourth-order valence-corrected chi connectivity index (χ4v) is 11.1. The Morgan fingerprint density at radius 1 is 0.795 bits per heavy atom. The average Bonchev–Trinajstić information content (AvgIpc) is 3.55. The molecule has 7 heteroatoms. The zero-order chi connectivity index (χ0) is 28.1. The van der Waals surface area contributed by atoms with Crippen molar-refractivity contribution < 1.29 is 29.2 Å². The standard InChI is InChI=1S/C32H55NO6/c1-18(27(34)28(35)19(2)33(7)8)21-9-10-22-20-16-32(36-13-14-37-32)26-15-24-25(39-29(3,4)38-24)17-31(26,6)23(20)11-12-30(21,22)5/h18-28,34-35H,9-17H2,1-8H3/t18-,19+,20-,21+,22-,23-,24-,25+,26?,27+,28+,30+,31+/m0/s1. The summed E-state index contributed by atoms with van der Waals surface area (Å²) in [5.74, 6) is 1.46. The Kier molecular flexibility index (Phi) is 7.11. The fraction of sp³-hybridized carbons (Fsp3) is 1.00. The first-order valence-corrected chi connectivity index (χ1v) is 15.9. The van der Waals surface area contributed by atoms with Crippen molar-refractivity contribution in [3.8, 4) is 0 Å². The molecule has 39 heavy (non-hydrogen) atoms. The predicted octanol–water partition coefficient (Wildman–Crippen LogP) is 4.44. The summed E-state index contributed by atoms with van der Waals surface area (Å²) in [6, 6.07) is -0.0863. The lowest BCUT2D eigenvalue weighted by Crippen LogP contribution is -2.65. The van der Waals surface area contributed by atoms with Crippen molar-refractivity contribution in [3.05, 3.63) is 0 Å². The second-order valence-electron chi connectivity index (χ2n) is 15.6. The van der Waals surface area contributed by atoms with E-state index < -0.39 is 23.8 Å². The van der Waals surface area contributed by atoms with E-state index in [1.54, 1.807) is 0 Å². The Labute approximate surface area is 236 Å². The average molecular weight is 550 g/mol. The molecule has 1 spiro atoms. The van der Waals surface area contributed by atoms with Crippen molar-refractivity contribution in [2.75, 3.05) is 27.3 Å². The highest BCUT2D eigenvalue weighted by Gasteiger charge is 2.70. The maximum Gasteiger partial charge on any atom is 0.172 e. The monoisotopic (exact) mass is 549 g/mol. The van der Waals surface area contributed by atoms with Gasteiger partial charge in [0.1, 0.15) is 0 Å². The van der Waals surface area contributed by atoms with Gasteiger partial charge in [-0.25, -0.2) is 0 Å². The number of nitrogens with zero attached hydrogens (tertiary/aromatic N) is 1. The van der Waals surface area contributed by atoms with Gasteiger partial charge in [0.05, 0.1) is 37.6 Å². The number of rotatable bonds is 5. The molecule has 6 aliphatic rings. The van der Waals surface area contributed by atoms with Gasteiger partial charge in [-0.15, -0.1) is 0 Å². The van der Waals surface area contributed by atoms with Crippen LogP contribution in [0.25, 0.3) is 0 Å². The molecule has 4 saturated carbocycles. The van der Waals surface area contributed by atoms with Crippen molar-refractivity contribution in [2.45, 2.75) is 129 Å². The highest BCUT2D eigenvalue weighted by atomic mass is 16.8. The first kappa shape index (κ1) is 28.8. The van der Waals surface area contributed by atoms with Gasteiger partial charge in [-0.3, -0.25) is 0 Å². The van der Waals surface area contributed by atoms with Crippen molar-refractivity contribution in [1.82, 2.24) is 4.90 Å². The normalized spacial score (nSPS) is 49.2. The van der Waals surface area contributed by atoms with Crippen LogP contribution in [-0.4, -0.2) is 84.5 Å². The number of aliphatic hydroxyl groups is 2. The molecular formula is C32H55NO6. The molecule has 13 atom stereocenters. The third kappa shape index (κ3) is 4.31. The van der Waals surface area contributed by atoms with E-state index >= 15 is 0 Å². The summed E-state index contributed by atoms with van der Waals surface area (Å²) >= 11 is 0. The number of fused-ring (bicyclic) bond motifs is 7. The summed E-state index contributed by atoms with van der Waals surface area (Å²) < 4.78 is 26.2. The molecule has 2 heterocycles. The zero-order valence-corrected chi connectivity index (χ0v) is 25.7. The van der Waals surface area contributed by atoms with Gasteiger partial charge in [0.2, 0.25) is 0 Å². The van der Waals surface area contributed by atoms with Crippen LogP contribution in [0.3, 0.4) is 0 Å². The number of ether oxygens (including phenoxy) is 4. The van der Waals surface area contributed by atoms with Crippen molar-refractivity contribution in [3.63, 3.8) is 0 Å². The van der Waals surface area contributed by atoms with Crippen LogP contribution in [-0.2, 0) is 18.9 Å². The molecule has 0 aromatic rings. The topological polar surface area (TPSA) is 80.6 Å². The summed E-state index contributed by atoms with van der Waals surface area (Å²) in [7, 11) is 3.94. The van der Waals surface area contributed by atoms with E-state index in [0.29, 0.717) is 42.8 Å². The molecule has 0 aromatic carbocycles. The van der Waals surface area contributed by atoms with Crippen LogP contribution < -0.4 is 0 Å². The highest BCUT2D eigenvalue weighted by Crippen LogP contribution is 2.71. The Balaban J connectivity index is 1.28. The Morgan fingerprint density at radius 3 is 2.10 bits per heavy atom. The molecule has 2 aliphatic heterocycles. The van der Waals surface area contributed by atoms with E-state index in [9.17, 15) is 10.2 Å². The molecule has 6 rings (SSSR count). The Hall–Kier alpha value is -0.280. The quantitative estimate of drug-likeness (QED) is 0.525. The van der Waals surface area contributed by atoms with Crippen LogP contribution in [0.15, 0.2) is 0 Å². The lowest BCUT2D eigenvalue weighted by molar-refractivity contribution is -0.301. The highest BCUT2D eigenvalue weighted by molar-refractivity contribution is 5.16. The molecule has 1 unspecified atom stereocenters. The minimum Gasteiger partial charge on any atom is -0.390 e. The molecule has 4 aliphatic carbocycles. The van der Waals surface area contributed by atoms with Crippen molar-refractivity contribution >= 4 is 0 Å². The second kappa shape index (κ2) is 9.62. The third-order valence-corrected chi connectivity index (χ3v) is 13.2. The summed E-state index contributed by atoms with van der Waals surface area (Å²) in [4.78, 5) is 2.00. The van der Waals surface area contributed by atoms with Gasteiger partial charge in [0, 0.05) is 18.4 Å². The van der Waals surface area contributed by atoms with Gasteiger partial charge in [-0.05, 0) is 114 Å². The zero-order valence-electron chi connectivity index (χ0n) is 25.7. The summed E-state index contributed by atoms with van der Waals surface area (Å²) in [6.07, 6.45) is 6.42. The first-order valence-electron chi connectivity index (χ1n) is 15.9. The van der Waals surface area contributed by atoms with E-state index in [1.165, 1.54) is 19.3 Å². The first-order chi connectivity index (χ1) is 18.2. The molecule has 2 N–H and O–H groups in total. The van der Waals surface area contributed by atoms with Crippen LogP contribution in [0.4, 0.5) is 0 Å². The smallest absolute Gasteiger partial charge is 0.172 e. The van der Waals surface area contributed by atoms with Gasteiger partial charge in [0.25, 0.3) is 0 Å². The fourth-order valence-electron chi connectivity index (χ4n) is 11.1. The molecular weight excluding hydrogens is 494 g/mol. The van der Waals surface area contributed by atoms with Gasteiger partial charge < -0.3 is 34.1 Å². The van der Waals surface area contributed by atoms with E-state index in [0.717, 1.165) is 25.7 Å². The molecule has 2 saturated heterocycles. The number of aliphatic hydroxyl groups excluding tert-OH is 2. The molecule has 0 amide bonds. The maximum atomic E-state index is 11.4. The van der Waals surface area contributed by atoms with Crippen molar-refractivity contribution in [2.24, 2.45) is 46.3 Å². The van der Waals surface area contributed by atoms with Gasteiger partial charge in [0.15, 0.2) is 11.6 Å². The maximum absolute atomic E-state index is 11.4. The minimum atomic E-state index is -0.750. The van der Waals surface area contributed by atoms with Gasteiger partial charge in [-0.1, -0.05) is 20.8 Å². The van der Waals surface area contributed by atoms with Crippen LogP contribution in [0.2, 0.25) is 0 Å². The summed E-state index contributed by atoms with van der Waals surface area (Å²) in [5, 5.41) is 22.4. The minimum absolute atomic E-state index is 0.0514. The lowest BCUT2D eigenvalue weighted by Gasteiger charge is -2.65. The van der Waals surface area contributed by atoms with Crippen LogP contribution in [0, 0.1) is 46.3 Å². The van der Waals surface area contributed by atoms with Gasteiger partial charge >= 0.3 is 0 Å². The molecule has 224 valence electrons. The molecule has 0 radical (unpaired) electrons. The summed E-state index contributed by atoms with van der Waals surface area (Å²) in [5.41, 5.74) is 0.234. The van der Waals surface area contributed by atoms with Crippen LogP contribution in [0.5, 0.6) is 0 Å². The second-order valence-corrected chi connectivity index (χ2v) is 15.6. The Morgan fingerprint density at radius 2 is 1.44 bits per heavy atom. The van der Waals surface area contributed by atoms with E-state index in [2.05, 4.69) is 34.6 Å². The molecule has 7 nitrogen and oxygen atoms in total. The van der Waals surface area contributed by atoms with E-state index in [1.807, 2.05) is 25.9 Å². The molecule has 0 bridgehead atoms. The largest absolute Gasteiger partial charge is 0.390 e. The lowest BCUT2D eigenvalue weighted by atomic mass is 9.42. The van der Waals surface area contributed by atoms with E-state index in [-0.39, 0.29) is 35.0 Å². The van der Waals surface area contributed by atoms with E-state index in [4.69, 9.17) is 18.9 Å². The molecule has 6 fully saturated rings. The number of hydrogen-bond acceptors (Lipinski definition) is 7. The van der Waals surface area contributed by atoms with Crippen molar-refractivity contribution in [1.29, 1.82) is 0 Å². The third-order valence-electron chi connectivity index (χ3n) is 13.2. The summed E-state index contributed by atoms with van der Waals surface area (Å²) in [6.45, 7) is 14.7. The van der Waals surface area contributed by atoms with Crippen LogP contribution in [0.1, 0.15) is 86.5 Å². The number of hydrogen-bond donors (Lipinski definition) is 2.